The van der Waals surface area contributed by atoms with Gasteiger partial charge in [-0.15, -0.1) is 5.10 Å². The van der Waals surface area contributed by atoms with E-state index in [1.165, 1.54) is 6.07 Å². The van der Waals surface area contributed by atoms with Gasteiger partial charge in [-0.05, 0) is 76.5 Å². The molecular weight excluding hydrogens is 525 g/mol. The maximum atomic E-state index is 15.3. The minimum atomic E-state index is -1.01. The first-order valence-electron chi connectivity index (χ1n) is 14.4. The van der Waals surface area contributed by atoms with Crippen LogP contribution in [-0.2, 0) is 32.6 Å². The molecule has 3 aromatic rings. The number of fused-ring (bicyclic) bond motifs is 1. The predicted molar refractivity (Wildman–Crippen MR) is 151 cm³/mol. The summed E-state index contributed by atoms with van der Waals surface area (Å²) in [6.07, 6.45) is 8.54. The maximum Gasteiger partial charge on any atom is 0.338 e. The molecule has 9 nitrogen and oxygen atoms in total. The molecule has 2 aromatic heterocycles. The molecule has 1 fully saturated rings. The first-order chi connectivity index (χ1) is 19.5. The van der Waals surface area contributed by atoms with Crippen molar-refractivity contribution in [2.45, 2.75) is 90.1 Å². The Labute approximate surface area is 239 Å². The molecule has 1 unspecified atom stereocenters. The highest BCUT2D eigenvalue weighted by molar-refractivity contribution is 5.90. The Morgan fingerprint density at radius 1 is 1.29 bits per heavy atom. The van der Waals surface area contributed by atoms with Crippen LogP contribution in [0.4, 0.5) is 4.39 Å². The second-order valence-electron chi connectivity index (χ2n) is 11.9. The van der Waals surface area contributed by atoms with E-state index in [1.807, 2.05) is 19.9 Å². The third kappa shape index (κ3) is 5.69. The van der Waals surface area contributed by atoms with Gasteiger partial charge in [0.25, 0.3) is 5.78 Å². The minimum Gasteiger partial charge on any atom is -0.512 e. The fourth-order valence-corrected chi connectivity index (χ4v) is 6.22. The molecule has 2 N–H and O–H groups in total. The van der Waals surface area contributed by atoms with Crippen LogP contribution in [0.3, 0.4) is 0 Å². The first kappa shape index (κ1) is 28.7. The maximum absolute atomic E-state index is 15.3. The number of amides is 1. The number of hydrogen-bond donors (Lipinski definition) is 2. The number of carbonyl (C=O) groups excluding carboxylic acids is 2. The van der Waals surface area contributed by atoms with E-state index in [-0.39, 0.29) is 36.0 Å². The van der Waals surface area contributed by atoms with Gasteiger partial charge in [0, 0.05) is 37.3 Å². The van der Waals surface area contributed by atoms with Gasteiger partial charge in [-0.25, -0.2) is 18.7 Å². The number of halogens is 1. The summed E-state index contributed by atoms with van der Waals surface area (Å²) in [6.45, 7) is 7.62. The number of aromatic nitrogens is 4. The minimum absolute atomic E-state index is 0.00126. The Hall–Kier alpha value is -3.82. The lowest BCUT2D eigenvalue weighted by Gasteiger charge is -2.41. The van der Waals surface area contributed by atoms with Crippen LogP contribution in [0.2, 0.25) is 0 Å². The summed E-state index contributed by atoms with van der Waals surface area (Å²) in [5, 5.41) is 18.4. The molecule has 1 aromatic carbocycles. The summed E-state index contributed by atoms with van der Waals surface area (Å²) in [5.41, 5.74) is 0.279. The third-order valence-corrected chi connectivity index (χ3v) is 8.61. The van der Waals surface area contributed by atoms with E-state index in [2.05, 4.69) is 20.4 Å². The molecule has 0 saturated heterocycles. The Kier molecular flexibility index (Phi) is 7.85. The van der Waals surface area contributed by atoms with Crippen LogP contribution in [0.15, 0.2) is 41.9 Å². The van der Waals surface area contributed by atoms with Crippen molar-refractivity contribution in [1.82, 2.24) is 24.9 Å². The molecule has 0 radical (unpaired) electrons. The van der Waals surface area contributed by atoms with E-state index in [4.69, 9.17) is 4.74 Å². The molecule has 1 aliphatic carbocycles. The van der Waals surface area contributed by atoms with Gasteiger partial charge in [-0.3, -0.25) is 4.79 Å². The van der Waals surface area contributed by atoms with Crippen molar-refractivity contribution in [2.75, 3.05) is 6.54 Å². The summed E-state index contributed by atoms with van der Waals surface area (Å²) >= 11 is 0. The van der Waals surface area contributed by atoms with Gasteiger partial charge in [0.15, 0.2) is 5.82 Å². The predicted octanol–water partition coefficient (Wildman–Crippen LogP) is 4.85. The Balaban J connectivity index is 1.36. The number of esters is 1. The molecule has 10 heteroatoms. The number of aliphatic hydroxyl groups is 1. The summed E-state index contributed by atoms with van der Waals surface area (Å²) in [7, 11) is 0. The van der Waals surface area contributed by atoms with Crippen molar-refractivity contribution < 1.29 is 23.8 Å². The van der Waals surface area contributed by atoms with E-state index < -0.39 is 22.8 Å². The quantitative estimate of drug-likeness (QED) is 0.357. The van der Waals surface area contributed by atoms with Gasteiger partial charge >= 0.3 is 5.97 Å². The lowest BCUT2D eigenvalue weighted by molar-refractivity contribution is -0.167. The van der Waals surface area contributed by atoms with E-state index in [1.54, 1.807) is 36.8 Å². The van der Waals surface area contributed by atoms with E-state index in [0.29, 0.717) is 36.6 Å². The fraction of sp³-hybridized carbons (Fsp3) is 0.516. The van der Waals surface area contributed by atoms with Gasteiger partial charge in [0.1, 0.15) is 17.2 Å². The molecule has 1 amide bonds. The number of aryl methyl sites for hydroxylation is 2. The number of nitrogens with zero attached hydrogens (tertiary/aromatic N) is 4. The monoisotopic (exact) mass is 563 g/mol. The number of cyclic esters (lactones) is 1. The molecule has 0 bridgehead atoms. The number of nitrogens with one attached hydrogen (secondary N) is 1. The van der Waals surface area contributed by atoms with Crippen molar-refractivity contribution in [2.24, 2.45) is 5.92 Å². The standard InChI is InChI=1S/C31H38FN5O4/c1-5-33-28(40)30(3,4)23-11-10-20(14-24(23)32)12-13-31(21-8-6-7-9-21)16-25(38)22(27(39)41-31)15-26-35-29-34-17-19(2)18-37(29)36-26/h10-11,14,17-18,21,38H,5-9,12-13,15-16H2,1-4H3,(H,33,40). The third-order valence-electron chi connectivity index (χ3n) is 8.61. The number of rotatable bonds is 9. The van der Waals surface area contributed by atoms with Crippen molar-refractivity contribution in [3.63, 3.8) is 0 Å². The van der Waals surface area contributed by atoms with Gasteiger partial charge in [-0.1, -0.05) is 25.0 Å². The average molecular weight is 564 g/mol. The van der Waals surface area contributed by atoms with E-state index >= 15 is 4.39 Å². The molecule has 41 heavy (non-hydrogen) atoms. The highest BCUT2D eigenvalue weighted by Gasteiger charge is 2.48. The first-order valence-corrected chi connectivity index (χ1v) is 14.4. The number of likely N-dealkylation sites (N-methyl/N-ethyl adjacent to an activating group) is 1. The topological polar surface area (TPSA) is 119 Å². The number of aliphatic hydroxyl groups excluding tert-OH is 1. The van der Waals surface area contributed by atoms with Gasteiger partial charge in [0.2, 0.25) is 5.91 Å². The zero-order valence-electron chi connectivity index (χ0n) is 24.2. The highest BCUT2D eigenvalue weighted by atomic mass is 19.1. The van der Waals surface area contributed by atoms with E-state index in [0.717, 1.165) is 36.8 Å². The average Bonchev–Trinajstić information content (AvgIpc) is 3.60. The number of ether oxygens (including phenoxy) is 1. The molecule has 218 valence electrons. The van der Waals surface area contributed by atoms with Crippen LogP contribution >= 0.6 is 0 Å². The molecule has 1 atom stereocenters. The van der Waals surface area contributed by atoms with Crippen LogP contribution in [0.5, 0.6) is 0 Å². The fourth-order valence-electron chi connectivity index (χ4n) is 6.22. The largest absolute Gasteiger partial charge is 0.512 e. The Bertz CT molecular complexity index is 1510. The Morgan fingerprint density at radius 2 is 2.05 bits per heavy atom. The van der Waals surface area contributed by atoms with Crippen LogP contribution in [-0.4, -0.2) is 48.7 Å². The van der Waals surface area contributed by atoms with Gasteiger partial charge in [-0.2, -0.15) is 4.98 Å². The number of benzene rings is 1. The zero-order chi connectivity index (χ0) is 29.4. The van der Waals surface area contributed by atoms with E-state index in [9.17, 15) is 14.7 Å². The molecule has 0 spiro atoms. The van der Waals surface area contributed by atoms with Crippen molar-refractivity contribution in [3.05, 3.63) is 70.3 Å². The van der Waals surface area contributed by atoms with Crippen LogP contribution in [0.25, 0.3) is 5.78 Å². The van der Waals surface area contributed by atoms with Crippen molar-refractivity contribution in [1.29, 1.82) is 0 Å². The molecular formula is C31H38FN5O4. The summed E-state index contributed by atoms with van der Waals surface area (Å²) in [5.74, 6) is -0.330. The summed E-state index contributed by atoms with van der Waals surface area (Å²) in [4.78, 5) is 34.5. The second kappa shape index (κ2) is 11.2. The normalized spacial score (nSPS) is 20.1. The highest BCUT2D eigenvalue weighted by Crippen LogP contribution is 2.46. The Morgan fingerprint density at radius 3 is 2.73 bits per heavy atom. The molecule has 1 saturated carbocycles. The summed E-state index contributed by atoms with van der Waals surface area (Å²) in [6, 6.07) is 4.97. The second-order valence-corrected chi connectivity index (χ2v) is 11.9. The molecule has 5 rings (SSSR count). The lowest BCUT2D eigenvalue weighted by Crippen LogP contribution is -2.46. The van der Waals surface area contributed by atoms with Crippen molar-refractivity contribution in [3.8, 4) is 0 Å². The number of carbonyl (C=O) groups is 2. The van der Waals surface area contributed by atoms with Crippen LogP contribution < -0.4 is 5.32 Å². The molecule has 2 aliphatic rings. The summed E-state index contributed by atoms with van der Waals surface area (Å²) < 4.78 is 23.0. The number of hydrogen-bond acceptors (Lipinski definition) is 7. The smallest absolute Gasteiger partial charge is 0.338 e. The van der Waals surface area contributed by atoms with Gasteiger partial charge in [0.05, 0.1) is 11.0 Å². The van der Waals surface area contributed by atoms with Crippen molar-refractivity contribution >= 4 is 17.7 Å². The lowest BCUT2D eigenvalue weighted by atomic mass is 9.76. The molecule has 3 heterocycles. The van der Waals surface area contributed by atoms with Crippen LogP contribution in [0, 0.1) is 18.7 Å². The SMILES string of the molecule is CCNC(=O)C(C)(C)c1ccc(CCC2(C3CCCC3)CC(O)=C(Cc3nc4ncc(C)cn4n3)C(=O)O2)cc1F. The molecule has 1 aliphatic heterocycles. The van der Waals surface area contributed by atoms with Crippen LogP contribution in [0.1, 0.15) is 81.8 Å². The zero-order valence-corrected chi connectivity index (χ0v) is 24.2. The van der Waals surface area contributed by atoms with Gasteiger partial charge < -0.3 is 15.2 Å².